The molecule has 0 bridgehead atoms. The number of ether oxygens (including phenoxy) is 3. The first-order chi connectivity index (χ1) is 21.0. The van der Waals surface area contributed by atoms with Crippen LogP contribution in [0, 0.1) is 0 Å². The molecule has 3 aliphatic rings. The first kappa shape index (κ1) is 29.3. The first-order valence-electron chi connectivity index (χ1n) is 15.6. The summed E-state index contributed by atoms with van der Waals surface area (Å²) >= 11 is 1.73. The molecule has 1 aromatic carbocycles. The molecule has 1 atom stereocenters. The van der Waals surface area contributed by atoms with E-state index in [1.807, 2.05) is 20.0 Å². The zero-order valence-electron chi connectivity index (χ0n) is 26.5. The summed E-state index contributed by atoms with van der Waals surface area (Å²) < 4.78 is 21.8. The number of amides is 1. The fourth-order valence-electron chi connectivity index (χ4n) is 7.01. The molecule has 44 heavy (non-hydrogen) atoms. The third kappa shape index (κ3) is 5.06. The molecule has 7 rings (SSSR count). The van der Waals surface area contributed by atoms with Gasteiger partial charge in [0.25, 0.3) is 5.91 Å². The number of benzene rings is 1. The molecule has 0 unspecified atom stereocenters. The van der Waals surface area contributed by atoms with E-state index in [0.29, 0.717) is 13.0 Å². The number of fused-ring (bicyclic) bond motifs is 5. The summed E-state index contributed by atoms with van der Waals surface area (Å²) in [6, 6.07) is 8.59. The standard InChI is InChI=1S/C34H41N5O4S/c1-33(2,3)38-13-8-7-10-24-29(28-11-9-15-44-28)30-25-18-26(27(41-6)16-21(25)12-14-37(30)31(24)32(38)40)39-19-22(35-36-39)17-23-20-42-34(4,5)43-23/h9,11,15-16,18-19,23H,7-8,10,12-14,17,20H2,1-6H3/t23-/m0/s1. The average Bonchev–Trinajstić information content (AvgIpc) is 3.76. The van der Waals surface area contributed by atoms with E-state index in [0.717, 1.165) is 72.9 Å². The molecule has 4 aromatic rings. The molecule has 0 radical (unpaired) electrons. The van der Waals surface area contributed by atoms with Crippen molar-refractivity contribution < 1.29 is 19.0 Å². The number of carbonyl (C=O) groups is 1. The van der Waals surface area contributed by atoms with Crippen LogP contribution in [0.1, 0.15) is 74.8 Å². The molecule has 10 heteroatoms. The number of hydrogen-bond donors (Lipinski definition) is 0. The molecule has 1 saturated heterocycles. The zero-order chi connectivity index (χ0) is 30.8. The van der Waals surface area contributed by atoms with Gasteiger partial charge in [0.15, 0.2) is 5.79 Å². The van der Waals surface area contributed by atoms with Crippen LogP contribution in [-0.2, 0) is 35.3 Å². The lowest BCUT2D eigenvalue weighted by Gasteiger charge is -2.37. The van der Waals surface area contributed by atoms with E-state index in [4.69, 9.17) is 14.2 Å². The predicted molar refractivity (Wildman–Crippen MR) is 171 cm³/mol. The molecule has 3 aromatic heterocycles. The molecule has 9 nitrogen and oxygen atoms in total. The minimum absolute atomic E-state index is 0.0677. The molecule has 0 N–H and O–H groups in total. The molecular weight excluding hydrogens is 574 g/mol. The van der Waals surface area contributed by atoms with Crippen molar-refractivity contribution in [3.8, 4) is 33.1 Å². The largest absolute Gasteiger partial charge is 0.494 e. The highest BCUT2D eigenvalue weighted by atomic mass is 32.1. The number of nitrogens with zero attached hydrogens (tertiary/aromatic N) is 5. The molecule has 3 aliphatic heterocycles. The van der Waals surface area contributed by atoms with Gasteiger partial charge in [0.2, 0.25) is 0 Å². The highest BCUT2D eigenvalue weighted by molar-refractivity contribution is 7.13. The van der Waals surface area contributed by atoms with Gasteiger partial charge in [-0.25, -0.2) is 4.68 Å². The average molecular weight is 616 g/mol. The molecule has 232 valence electrons. The summed E-state index contributed by atoms with van der Waals surface area (Å²) in [4.78, 5) is 17.7. The zero-order valence-corrected chi connectivity index (χ0v) is 27.3. The van der Waals surface area contributed by atoms with E-state index >= 15 is 0 Å². The Labute approximate surface area is 262 Å². The minimum atomic E-state index is -0.583. The van der Waals surface area contributed by atoms with Crippen molar-refractivity contribution in [2.45, 2.75) is 90.7 Å². The number of thiophene rings is 1. The molecule has 0 aliphatic carbocycles. The predicted octanol–water partition coefficient (Wildman–Crippen LogP) is 6.30. The Hall–Kier alpha value is -3.47. The lowest BCUT2D eigenvalue weighted by Crippen LogP contribution is -2.47. The van der Waals surface area contributed by atoms with Crippen molar-refractivity contribution >= 4 is 17.2 Å². The molecule has 1 fully saturated rings. The Bertz CT molecular complexity index is 1710. The minimum Gasteiger partial charge on any atom is -0.494 e. The van der Waals surface area contributed by atoms with Gasteiger partial charge in [0.1, 0.15) is 17.1 Å². The summed E-state index contributed by atoms with van der Waals surface area (Å²) in [7, 11) is 1.70. The van der Waals surface area contributed by atoms with Crippen LogP contribution in [0.3, 0.4) is 0 Å². The van der Waals surface area contributed by atoms with E-state index < -0.39 is 5.79 Å². The van der Waals surface area contributed by atoms with Crippen LogP contribution in [0.5, 0.6) is 5.75 Å². The second-order valence-electron chi connectivity index (χ2n) is 13.5. The van der Waals surface area contributed by atoms with Crippen molar-refractivity contribution in [3.05, 3.63) is 58.4 Å². The summed E-state index contributed by atoms with van der Waals surface area (Å²) in [5.74, 6) is 0.295. The third-order valence-corrected chi connectivity index (χ3v) is 9.89. The van der Waals surface area contributed by atoms with Gasteiger partial charge < -0.3 is 23.7 Å². The lowest BCUT2D eigenvalue weighted by atomic mass is 9.92. The van der Waals surface area contributed by atoms with Crippen LogP contribution >= 0.6 is 11.3 Å². The van der Waals surface area contributed by atoms with E-state index in [9.17, 15) is 4.79 Å². The molecule has 0 saturated carbocycles. The van der Waals surface area contributed by atoms with E-state index in [1.165, 1.54) is 21.6 Å². The van der Waals surface area contributed by atoms with Crippen molar-refractivity contribution in [3.63, 3.8) is 0 Å². The monoisotopic (exact) mass is 615 g/mol. The van der Waals surface area contributed by atoms with Gasteiger partial charge in [-0.3, -0.25) is 4.79 Å². The van der Waals surface area contributed by atoms with Gasteiger partial charge in [-0.05, 0) is 95.0 Å². The number of methoxy groups -OCH3 is 1. The summed E-state index contributed by atoms with van der Waals surface area (Å²) in [6.07, 6.45) is 6.23. The van der Waals surface area contributed by atoms with Crippen molar-refractivity contribution in [1.82, 2.24) is 24.5 Å². The summed E-state index contributed by atoms with van der Waals surface area (Å²) in [5.41, 5.74) is 8.04. The van der Waals surface area contributed by atoms with Crippen LogP contribution in [0.25, 0.3) is 27.4 Å². The summed E-state index contributed by atoms with van der Waals surface area (Å²) in [5, 5.41) is 11.1. The smallest absolute Gasteiger partial charge is 0.271 e. The van der Waals surface area contributed by atoms with Gasteiger partial charge in [-0.2, -0.15) is 0 Å². The van der Waals surface area contributed by atoms with Crippen LogP contribution < -0.4 is 4.74 Å². The SMILES string of the molecule is COc1cc2c(cc1-n1cc(C[C@H]3COC(C)(C)O3)nn1)-c1c(-c3cccs3)c3c(n1CC2)C(=O)N(C(C)(C)C)CCCC3. The Balaban J connectivity index is 1.37. The molecule has 1 amide bonds. The Morgan fingerprint density at radius 1 is 1.14 bits per heavy atom. The van der Waals surface area contributed by atoms with Crippen molar-refractivity contribution in [2.24, 2.45) is 0 Å². The third-order valence-electron chi connectivity index (χ3n) is 9.00. The van der Waals surface area contributed by atoms with E-state index in [-0.39, 0.29) is 17.6 Å². The normalized spacial score (nSPS) is 19.7. The Morgan fingerprint density at radius 2 is 1.98 bits per heavy atom. The van der Waals surface area contributed by atoms with Gasteiger partial charge in [-0.15, -0.1) is 16.4 Å². The van der Waals surface area contributed by atoms with Crippen LogP contribution in [0.2, 0.25) is 0 Å². The Morgan fingerprint density at radius 3 is 2.68 bits per heavy atom. The van der Waals surface area contributed by atoms with E-state index in [1.54, 1.807) is 23.1 Å². The number of rotatable bonds is 5. The van der Waals surface area contributed by atoms with Crippen LogP contribution in [0.4, 0.5) is 0 Å². The maximum atomic E-state index is 14.4. The number of aryl methyl sites for hydroxylation is 1. The maximum Gasteiger partial charge on any atom is 0.271 e. The van der Waals surface area contributed by atoms with Crippen molar-refractivity contribution in [1.29, 1.82) is 0 Å². The molecule has 6 heterocycles. The fourth-order valence-corrected chi connectivity index (χ4v) is 7.81. The van der Waals surface area contributed by atoms with Gasteiger partial charge >= 0.3 is 0 Å². The highest BCUT2D eigenvalue weighted by Crippen LogP contribution is 2.47. The first-order valence-corrected chi connectivity index (χ1v) is 16.5. The van der Waals surface area contributed by atoms with Crippen molar-refractivity contribution in [2.75, 3.05) is 20.3 Å². The van der Waals surface area contributed by atoms with Gasteiger partial charge in [0.05, 0.1) is 37.4 Å². The molecular formula is C34H41N5O4S. The quantitative estimate of drug-likeness (QED) is 0.262. The number of carbonyl (C=O) groups excluding carboxylic acids is 1. The van der Waals surface area contributed by atoms with Gasteiger partial charge in [0, 0.05) is 41.1 Å². The number of hydrogen-bond acceptors (Lipinski definition) is 7. The topological polar surface area (TPSA) is 83.6 Å². The second-order valence-corrected chi connectivity index (χ2v) is 14.5. The summed E-state index contributed by atoms with van der Waals surface area (Å²) in [6.45, 7) is 12.3. The second kappa shape index (κ2) is 10.9. The molecule has 0 spiro atoms. The Kier molecular flexibility index (Phi) is 7.22. The van der Waals surface area contributed by atoms with Crippen LogP contribution in [0.15, 0.2) is 35.8 Å². The maximum absolute atomic E-state index is 14.4. The highest BCUT2D eigenvalue weighted by Gasteiger charge is 2.38. The number of aromatic nitrogens is 4. The fraction of sp³-hybridized carbons (Fsp3) is 0.500. The van der Waals surface area contributed by atoms with E-state index in [2.05, 4.69) is 70.2 Å². The van der Waals surface area contributed by atoms with Crippen LogP contribution in [-0.4, -0.2) is 68.1 Å². The lowest BCUT2D eigenvalue weighted by molar-refractivity contribution is -0.138. The van der Waals surface area contributed by atoms with Gasteiger partial charge in [-0.1, -0.05) is 11.3 Å².